The normalized spacial score (nSPS) is 18.6. The quantitative estimate of drug-likeness (QED) is 0.235. The molecule has 0 saturated heterocycles. The van der Waals surface area contributed by atoms with E-state index in [0.717, 1.165) is 10.6 Å². The summed E-state index contributed by atoms with van der Waals surface area (Å²) in [6, 6.07) is 45.4. The second-order valence-electron chi connectivity index (χ2n) is 9.57. The van der Waals surface area contributed by atoms with Crippen molar-refractivity contribution in [2.24, 2.45) is 0 Å². The zero-order chi connectivity index (χ0) is 24.8. The molecule has 0 aliphatic carbocycles. The van der Waals surface area contributed by atoms with Crippen molar-refractivity contribution in [1.29, 1.82) is 0 Å². The third-order valence-electron chi connectivity index (χ3n) is 7.62. The zero-order valence-corrected chi connectivity index (χ0v) is 22.1. The molecule has 0 spiro atoms. The van der Waals surface area contributed by atoms with Gasteiger partial charge >= 0.3 is 219 Å². The molecule has 1 nitrogen and oxygen atoms in total. The summed E-state index contributed by atoms with van der Waals surface area (Å²) in [6.07, 6.45) is -0.227. The average molecular weight is 507 g/mol. The standard InChI is InChI=1S/C33H28ClOP/c1-24-22-31-32(23-25(24)2)36(28-12-6-3-7-13-28,29-14-8-4-9-15-29,30-16-10-5-11-17-30)35-33(31)26-18-20-27(34)21-19-26/h3-23,33H,1-2H3/t33-/m0/s1. The Hall–Kier alpha value is -3.22. The number of benzene rings is 5. The minimum atomic E-state index is -3.61. The van der Waals surface area contributed by atoms with Crippen LogP contribution in [0.4, 0.5) is 0 Å². The summed E-state index contributed by atoms with van der Waals surface area (Å²) in [5.41, 5.74) is 4.88. The molecule has 1 aliphatic rings. The Labute approximate surface area is 218 Å². The van der Waals surface area contributed by atoms with Gasteiger partial charge in [0.05, 0.1) is 0 Å². The Morgan fingerprint density at radius 2 is 1.03 bits per heavy atom. The Balaban J connectivity index is 1.84. The summed E-state index contributed by atoms with van der Waals surface area (Å²) in [5, 5.41) is 5.64. The van der Waals surface area contributed by atoms with Gasteiger partial charge in [-0.2, -0.15) is 0 Å². The molecule has 1 aliphatic heterocycles. The maximum atomic E-state index is 7.79. The van der Waals surface area contributed by atoms with E-state index in [4.69, 9.17) is 16.1 Å². The van der Waals surface area contributed by atoms with E-state index < -0.39 is 6.83 Å². The van der Waals surface area contributed by atoms with Crippen LogP contribution in [-0.2, 0) is 4.52 Å². The molecule has 0 N–H and O–H groups in total. The molecule has 0 unspecified atom stereocenters. The first kappa shape index (κ1) is 23.2. The minimum absolute atomic E-state index is 0.227. The number of fused-ring (bicyclic) bond motifs is 1. The number of hydrogen-bond acceptors (Lipinski definition) is 1. The molecular formula is C33H28ClOP. The number of rotatable bonds is 4. The van der Waals surface area contributed by atoms with Crippen LogP contribution in [0.3, 0.4) is 0 Å². The van der Waals surface area contributed by atoms with Crippen LogP contribution < -0.4 is 21.2 Å². The molecule has 0 aromatic heterocycles. The first-order chi connectivity index (χ1) is 17.5. The van der Waals surface area contributed by atoms with Crippen molar-refractivity contribution in [1.82, 2.24) is 0 Å². The summed E-state index contributed by atoms with van der Waals surface area (Å²) in [5.74, 6) is 0. The summed E-state index contributed by atoms with van der Waals surface area (Å²) < 4.78 is 7.79. The van der Waals surface area contributed by atoms with Crippen molar-refractivity contribution in [2.45, 2.75) is 20.0 Å². The van der Waals surface area contributed by atoms with Gasteiger partial charge in [0.1, 0.15) is 0 Å². The molecule has 5 aromatic carbocycles. The van der Waals surface area contributed by atoms with Crippen LogP contribution in [0.1, 0.15) is 28.4 Å². The van der Waals surface area contributed by atoms with Crippen LogP contribution in [0.2, 0.25) is 5.02 Å². The molecule has 6 rings (SSSR count). The average Bonchev–Trinajstić information content (AvgIpc) is 3.23. The molecule has 178 valence electrons. The van der Waals surface area contributed by atoms with Gasteiger partial charge in [0.2, 0.25) is 0 Å². The fraction of sp³-hybridized carbons (Fsp3) is 0.0909. The van der Waals surface area contributed by atoms with Gasteiger partial charge in [-0.15, -0.1) is 0 Å². The second-order valence-corrected chi connectivity index (χ2v) is 14.3. The van der Waals surface area contributed by atoms with Gasteiger partial charge in [0.25, 0.3) is 0 Å². The molecule has 0 saturated carbocycles. The van der Waals surface area contributed by atoms with Gasteiger partial charge in [-0.25, -0.2) is 0 Å². The van der Waals surface area contributed by atoms with Gasteiger partial charge < -0.3 is 0 Å². The van der Waals surface area contributed by atoms with E-state index >= 15 is 0 Å². The molecule has 36 heavy (non-hydrogen) atoms. The number of halogens is 1. The zero-order valence-electron chi connectivity index (χ0n) is 20.4. The third-order valence-corrected chi connectivity index (χ3v) is 13.7. The topological polar surface area (TPSA) is 9.23 Å². The number of aryl methyl sites for hydroxylation is 2. The van der Waals surface area contributed by atoms with Gasteiger partial charge in [-0.3, -0.25) is 0 Å². The van der Waals surface area contributed by atoms with Crippen molar-refractivity contribution >= 4 is 39.6 Å². The van der Waals surface area contributed by atoms with Crippen molar-refractivity contribution in [2.75, 3.05) is 0 Å². The van der Waals surface area contributed by atoms with Gasteiger partial charge in [0, 0.05) is 0 Å². The Morgan fingerprint density at radius 1 is 0.583 bits per heavy atom. The fourth-order valence-electron chi connectivity index (χ4n) is 5.79. The van der Waals surface area contributed by atoms with Crippen molar-refractivity contribution < 1.29 is 4.52 Å². The van der Waals surface area contributed by atoms with Crippen LogP contribution >= 0.6 is 18.4 Å². The molecule has 5 aromatic rings. The summed E-state index contributed by atoms with van der Waals surface area (Å²) >= 11 is 6.30. The summed E-state index contributed by atoms with van der Waals surface area (Å²) in [6.45, 7) is 0.785. The van der Waals surface area contributed by atoms with E-state index in [2.05, 4.69) is 129 Å². The van der Waals surface area contributed by atoms with E-state index in [-0.39, 0.29) is 6.10 Å². The van der Waals surface area contributed by atoms with E-state index in [1.165, 1.54) is 37.9 Å². The predicted molar refractivity (Wildman–Crippen MR) is 155 cm³/mol. The molecule has 1 atom stereocenters. The Kier molecular flexibility index (Phi) is 5.61. The van der Waals surface area contributed by atoms with E-state index in [1.54, 1.807) is 0 Å². The number of hydrogen-bond donors (Lipinski definition) is 0. The summed E-state index contributed by atoms with van der Waals surface area (Å²) in [7, 11) is 0. The van der Waals surface area contributed by atoms with Gasteiger partial charge in [-0.05, 0) is 0 Å². The Bertz CT molecular complexity index is 1430. The van der Waals surface area contributed by atoms with Crippen LogP contribution in [0.25, 0.3) is 0 Å². The monoisotopic (exact) mass is 506 g/mol. The van der Waals surface area contributed by atoms with E-state index in [9.17, 15) is 0 Å². The van der Waals surface area contributed by atoms with Crippen molar-refractivity contribution in [3.63, 3.8) is 0 Å². The van der Waals surface area contributed by atoms with E-state index in [0.29, 0.717) is 0 Å². The fourth-order valence-corrected chi connectivity index (χ4v) is 12.1. The molecule has 1 heterocycles. The van der Waals surface area contributed by atoms with Gasteiger partial charge in [0.15, 0.2) is 0 Å². The molecule has 0 fully saturated rings. The SMILES string of the molecule is Cc1cc2c(cc1C)P(c1ccccc1)(c1ccccc1)(c1ccccc1)O[C@H]2c1ccc(Cl)cc1. The molecule has 0 bridgehead atoms. The van der Waals surface area contributed by atoms with Crippen LogP contribution in [0.15, 0.2) is 127 Å². The molecule has 3 heteroatoms. The third kappa shape index (κ3) is 3.17. The molecular weight excluding hydrogens is 479 g/mol. The van der Waals surface area contributed by atoms with E-state index in [1.807, 2.05) is 12.1 Å². The van der Waals surface area contributed by atoms with Crippen LogP contribution in [-0.4, -0.2) is 0 Å². The Morgan fingerprint density at radius 3 is 1.50 bits per heavy atom. The first-order valence-electron chi connectivity index (χ1n) is 12.3. The second kappa shape index (κ2) is 8.71. The predicted octanol–water partition coefficient (Wildman–Crippen LogP) is 7.15. The van der Waals surface area contributed by atoms with Crippen LogP contribution in [0.5, 0.6) is 0 Å². The first-order valence-corrected chi connectivity index (χ1v) is 14.8. The maximum absolute atomic E-state index is 7.79. The van der Waals surface area contributed by atoms with Crippen molar-refractivity contribution in [3.05, 3.63) is 155 Å². The van der Waals surface area contributed by atoms with Crippen molar-refractivity contribution in [3.8, 4) is 0 Å². The van der Waals surface area contributed by atoms with Gasteiger partial charge in [-0.1, -0.05) is 0 Å². The molecule has 0 amide bonds. The van der Waals surface area contributed by atoms with Crippen LogP contribution in [0, 0.1) is 13.8 Å². The molecule has 0 radical (unpaired) electrons. The summed E-state index contributed by atoms with van der Waals surface area (Å²) in [4.78, 5) is 0.